The molecule has 2 heterocycles. The molecule has 4 aromatic rings. The smallest absolute Gasteiger partial charge is 0.251 e. The minimum absolute atomic E-state index is 0.0622. The fourth-order valence-corrected chi connectivity index (χ4v) is 3.55. The predicted octanol–water partition coefficient (Wildman–Crippen LogP) is 2.05. The maximum absolute atomic E-state index is 12.3. The largest absolute Gasteiger partial charge is 0.346 e. The van der Waals surface area contributed by atoms with E-state index in [1.165, 1.54) is 24.3 Å². The summed E-state index contributed by atoms with van der Waals surface area (Å²) < 4.78 is 24.2. The molecule has 0 atom stereocenters. The maximum atomic E-state index is 12.3. The summed E-state index contributed by atoms with van der Waals surface area (Å²) in [7, 11) is -3.81. The van der Waals surface area contributed by atoms with Crippen LogP contribution in [0.1, 0.15) is 16.1 Å². The highest BCUT2D eigenvalue weighted by atomic mass is 35.5. The van der Waals surface area contributed by atoms with Gasteiger partial charge < -0.3 is 5.32 Å². The van der Waals surface area contributed by atoms with Crippen LogP contribution in [0.25, 0.3) is 16.6 Å². The van der Waals surface area contributed by atoms with E-state index in [4.69, 9.17) is 16.7 Å². The second-order valence-electron chi connectivity index (χ2n) is 6.40. The molecule has 1 amide bonds. The lowest BCUT2D eigenvalue weighted by Crippen LogP contribution is -2.23. The van der Waals surface area contributed by atoms with Gasteiger partial charge in [0.2, 0.25) is 10.0 Å². The zero-order chi connectivity index (χ0) is 21.3. The number of hydrogen-bond acceptors (Lipinski definition) is 6. The maximum Gasteiger partial charge on any atom is 0.251 e. The van der Waals surface area contributed by atoms with Crippen LogP contribution in [-0.2, 0) is 16.6 Å². The summed E-state index contributed by atoms with van der Waals surface area (Å²) in [4.78, 5) is 16.5. The van der Waals surface area contributed by atoms with Crippen molar-refractivity contribution in [2.75, 3.05) is 0 Å². The molecule has 0 unspecified atom stereocenters. The van der Waals surface area contributed by atoms with Crippen LogP contribution in [0, 0.1) is 0 Å². The normalized spacial score (nSPS) is 11.5. The number of carbonyl (C=O) groups excluding carboxylic acids is 1. The van der Waals surface area contributed by atoms with Crippen LogP contribution >= 0.6 is 11.6 Å². The highest BCUT2D eigenvalue weighted by Gasteiger charge is 2.12. The van der Waals surface area contributed by atoms with Gasteiger partial charge in [0.1, 0.15) is 5.69 Å². The van der Waals surface area contributed by atoms with Crippen molar-refractivity contribution in [2.24, 2.45) is 5.14 Å². The summed E-state index contributed by atoms with van der Waals surface area (Å²) in [6.45, 7) is 0.143. The van der Waals surface area contributed by atoms with Gasteiger partial charge >= 0.3 is 0 Å². The van der Waals surface area contributed by atoms with Gasteiger partial charge in [0, 0.05) is 22.2 Å². The Kier molecular flexibility index (Phi) is 5.20. The first kappa shape index (κ1) is 20.0. The third-order valence-corrected chi connectivity index (χ3v) is 5.51. The Morgan fingerprint density at radius 2 is 1.90 bits per heavy atom. The standard InChI is InChI=1S/C19H15ClN6O3S/c20-13-3-6-16-17(9-13)22-8-7-18(16)26-11-14(24-25-26)10-23-19(27)12-1-4-15(5-2-12)30(21,28)29/h1-9,11H,10H2,(H,23,27)(H2,21,28,29). The number of primary sulfonamides is 1. The first-order valence-corrected chi connectivity index (χ1v) is 10.6. The average Bonchev–Trinajstić information content (AvgIpc) is 3.19. The third-order valence-electron chi connectivity index (χ3n) is 4.34. The Labute approximate surface area is 176 Å². The van der Waals surface area contributed by atoms with E-state index < -0.39 is 10.0 Å². The van der Waals surface area contributed by atoms with Gasteiger partial charge in [0.05, 0.1) is 28.8 Å². The quantitative estimate of drug-likeness (QED) is 0.486. The SMILES string of the molecule is NS(=O)(=O)c1ccc(C(=O)NCc2cn(-c3ccnc4cc(Cl)ccc34)nn2)cc1. The van der Waals surface area contributed by atoms with Crippen molar-refractivity contribution in [3.05, 3.63) is 77.2 Å². The van der Waals surface area contributed by atoms with Crippen LogP contribution in [0.4, 0.5) is 0 Å². The fraction of sp³-hybridized carbons (Fsp3) is 0.0526. The minimum atomic E-state index is -3.81. The summed E-state index contributed by atoms with van der Waals surface area (Å²) in [5, 5.41) is 17.4. The molecule has 2 aromatic heterocycles. The van der Waals surface area contributed by atoms with Gasteiger partial charge in [-0.15, -0.1) is 5.10 Å². The number of hydrogen-bond donors (Lipinski definition) is 2. The highest BCUT2D eigenvalue weighted by Crippen LogP contribution is 2.23. The Bertz CT molecular complexity index is 1350. The van der Waals surface area contributed by atoms with Crippen molar-refractivity contribution in [3.63, 3.8) is 0 Å². The van der Waals surface area contributed by atoms with Gasteiger partial charge in [-0.05, 0) is 48.5 Å². The number of nitrogens with zero attached hydrogens (tertiary/aromatic N) is 4. The molecule has 30 heavy (non-hydrogen) atoms. The van der Waals surface area contributed by atoms with Gasteiger partial charge in [0.25, 0.3) is 5.91 Å². The molecule has 4 rings (SSSR count). The molecule has 0 aliphatic carbocycles. The Morgan fingerprint density at radius 3 is 2.63 bits per heavy atom. The molecular formula is C19H15ClN6O3S. The zero-order valence-electron chi connectivity index (χ0n) is 15.4. The van der Waals surface area contributed by atoms with Crippen molar-refractivity contribution in [1.82, 2.24) is 25.3 Å². The number of sulfonamides is 1. The molecule has 0 saturated heterocycles. The minimum Gasteiger partial charge on any atom is -0.346 e. The van der Waals surface area contributed by atoms with Crippen LogP contribution in [-0.4, -0.2) is 34.3 Å². The van der Waals surface area contributed by atoms with Crippen molar-refractivity contribution in [3.8, 4) is 5.69 Å². The zero-order valence-corrected chi connectivity index (χ0v) is 16.9. The number of benzene rings is 2. The lowest BCUT2D eigenvalue weighted by molar-refractivity contribution is 0.0950. The van der Waals surface area contributed by atoms with Gasteiger partial charge in [-0.3, -0.25) is 9.78 Å². The monoisotopic (exact) mass is 442 g/mol. The van der Waals surface area contributed by atoms with E-state index in [0.717, 1.165) is 16.6 Å². The Hall–Kier alpha value is -3.34. The van der Waals surface area contributed by atoms with Gasteiger partial charge in [-0.1, -0.05) is 16.8 Å². The van der Waals surface area contributed by atoms with Crippen molar-refractivity contribution in [2.45, 2.75) is 11.4 Å². The van der Waals surface area contributed by atoms with E-state index in [0.29, 0.717) is 16.3 Å². The number of pyridine rings is 1. The molecule has 0 radical (unpaired) electrons. The Morgan fingerprint density at radius 1 is 1.13 bits per heavy atom. The number of nitrogens with one attached hydrogen (secondary N) is 1. The lowest BCUT2D eigenvalue weighted by Gasteiger charge is -2.05. The van der Waals surface area contributed by atoms with Crippen LogP contribution in [0.5, 0.6) is 0 Å². The predicted molar refractivity (Wildman–Crippen MR) is 111 cm³/mol. The molecule has 9 nitrogen and oxygen atoms in total. The molecule has 0 saturated carbocycles. The number of fused-ring (bicyclic) bond motifs is 1. The van der Waals surface area contributed by atoms with Crippen LogP contribution in [0.15, 0.2) is 65.8 Å². The molecule has 0 aliphatic heterocycles. The number of carbonyl (C=O) groups is 1. The first-order valence-electron chi connectivity index (χ1n) is 8.68. The number of amides is 1. The second-order valence-corrected chi connectivity index (χ2v) is 8.40. The van der Waals surface area contributed by atoms with Crippen LogP contribution in [0.3, 0.4) is 0 Å². The molecule has 0 bridgehead atoms. The summed E-state index contributed by atoms with van der Waals surface area (Å²) in [5.41, 5.74) is 2.35. The highest BCUT2D eigenvalue weighted by molar-refractivity contribution is 7.89. The number of rotatable bonds is 5. The van der Waals surface area contributed by atoms with Crippen molar-refractivity contribution < 1.29 is 13.2 Å². The van der Waals surface area contributed by atoms with Crippen molar-refractivity contribution >= 4 is 38.4 Å². The molecule has 152 valence electrons. The number of nitrogens with two attached hydrogens (primary N) is 1. The molecule has 0 fully saturated rings. The fourth-order valence-electron chi connectivity index (χ4n) is 2.87. The van der Waals surface area contributed by atoms with Gasteiger partial charge in [-0.2, -0.15) is 0 Å². The summed E-state index contributed by atoms with van der Waals surface area (Å²) in [6, 6.07) is 12.5. The van der Waals surface area contributed by atoms with Crippen LogP contribution in [0.2, 0.25) is 5.02 Å². The number of aromatic nitrogens is 4. The first-order chi connectivity index (χ1) is 14.3. The molecule has 0 aliphatic rings. The van der Waals surface area contributed by atoms with E-state index in [9.17, 15) is 13.2 Å². The van der Waals surface area contributed by atoms with E-state index >= 15 is 0 Å². The second kappa shape index (κ2) is 7.82. The molecular weight excluding hydrogens is 428 g/mol. The summed E-state index contributed by atoms with van der Waals surface area (Å²) in [5.74, 6) is -0.380. The molecule has 0 spiro atoms. The lowest BCUT2D eigenvalue weighted by atomic mass is 10.2. The third kappa shape index (κ3) is 4.15. The van der Waals surface area contributed by atoms with Crippen molar-refractivity contribution in [1.29, 1.82) is 0 Å². The number of halogens is 1. The summed E-state index contributed by atoms with van der Waals surface area (Å²) in [6.07, 6.45) is 3.36. The Balaban J connectivity index is 1.48. The van der Waals surface area contributed by atoms with E-state index in [1.54, 1.807) is 35.3 Å². The van der Waals surface area contributed by atoms with E-state index in [-0.39, 0.29) is 17.3 Å². The van der Waals surface area contributed by atoms with Gasteiger partial charge in [0.15, 0.2) is 0 Å². The molecule has 3 N–H and O–H groups in total. The molecule has 11 heteroatoms. The van der Waals surface area contributed by atoms with Gasteiger partial charge in [-0.25, -0.2) is 18.2 Å². The summed E-state index contributed by atoms with van der Waals surface area (Å²) >= 11 is 6.02. The molecule has 2 aromatic carbocycles. The van der Waals surface area contributed by atoms with E-state index in [1.807, 2.05) is 6.07 Å². The topological polar surface area (TPSA) is 133 Å². The van der Waals surface area contributed by atoms with E-state index in [2.05, 4.69) is 20.6 Å². The average molecular weight is 443 g/mol. The van der Waals surface area contributed by atoms with Crippen LogP contribution < -0.4 is 10.5 Å².